The van der Waals surface area contributed by atoms with Gasteiger partial charge in [0.15, 0.2) is 0 Å². The topological polar surface area (TPSA) is 74.8 Å². The van der Waals surface area contributed by atoms with Crippen LogP contribution in [0.15, 0.2) is 46.2 Å². The molecular formula is C18H20ClFN2O4S2. The lowest BCUT2D eigenvalue weighted by molar-refractivity contribution is 0.272. The summed E-state index contributed by atoms with van der Waals surface area (Å²) in [5, 5.41) is 0.0980. The summed E-state index contributed by atoms with van der Waals surface area (Å²) in [6, 6.07) is 8.44. The molecule has 2 aromatic rings. The highest BCUT2D eigenvalue weighted by Gasteiger charge is 2.35. The number of benzene rings is 2. The van der Waals surface area contributed by atoms with Crippen molar-refractivity contribution in [3.8, 4) is 0 Å². The van der Waals surface area contributed by atoms with Crippen molar-refractivity contribution >= 4 is 31.6 Å². The van der Waals surface area contributed by atoms with E-state index < -0.39 is 30.8 Å². The third-order valence-corrected chi connectivity index (χ3v) is 8.88. The molecule has 1 saturated heterocycles. The zero-order chi connectivity index (χ0) is 20.7. The molecule has 0 aromatic heterocycles. The van der Waals surface area contributed by atoms with Crippen LogP contribution >= 0.6 is 11.6 Å². The smallest absolute Gasteiger partial charge is 0.207 e. The first-order valence-electron chi connectivity index (χ1n) is 8.56. The Labute approximate surface area is 169 Å². The summed E-state index contributed by atoms with van der Waals surface area (Å²) in [5.74, 6) is -0.933. The SMILES string of the molecule is Cc1ccc(S(=O)(=O)N2CCN(S(=O)(=O)c3ccc(Cl)cc3F)CC2)c(C)c1. The number of nitrogens with zero attached hydrogens (tertiary/aromatic N) is 2. The first kappa shape index (κ1) is 21.2. The van der Waals surface area contributed by atoms with Crippen molar-refractivity contribution in [2.45, 2.75) is 23.6 Å². The maximum Gasteiger partial charge on any atom is 0.246 e. The molecule has 10 heteroatoms. The van der Waals surface area contributed by atoms with Gasteiger partial charge in [0.1, 0.15) is 10.7 Å². The second kappa shape index (κ2) is 7.72. The van der Waals surface area contributed by atoms with Gasteiger partial charge in [0, 0.05) is 31.2 Å². The van der Waals surface area contributed by atoms with Crippen molar-refractivity contribution in [1.29, 1.82) is 0 Å². The summed E-state index contributed by atoms with van der Waals surface area (Å²) >= 11 is 5.68. The predicted octanol–water partition coefficient (Wildman–Crippen LogP) is 2.79. The highest BCUT2D eigenvalue weighted by atomic mass is 35.5. The van der Waals surface area contributed by atoms with E-state index in [4.69, 9.17) is 11.6 Å². The number of aryl methyl sites for hydroxylation is 2. The second-order valence-corrected chi connectivity index (χ2v) is 10.9. The molecule has 0 bridgehead atoms. The summed E-state index contributed by atoms with van der Waals surface area (Å²) in [7, 11) is -7.82. The molecule has 0 spiro atoms. The Morgan fingerprint density at radius 1 is 0.821 bits per heavy atom. The number of sulfonamides is 2. The Hall–Kier alpha value is -1.52. The van der Waals surface area contributed by atoms with Crippen molar-refractivity contribution < 1.29 is 21.2 Å². The average Bonchev–Trinajstić information content (AvgIpc) is 2.61. The summed E-state index contributed by atoms with van der Waals surface area (Å²) in [4.78, 5) is -0.263. The van der Waals surface area contributed by atoms with E-state index in [-0.39, 0.29) is 36.1 Å². The Kier molecular flexibility index (Phi) is 5.84. The molecule has 6 nitrogen and oxygen atoms in total. The van der Waals surface area contributed by atoms with Crippen LogP contribution in [0.2, 0.25) is 5.02 Å². The fourth-order valence-corrected chi connectivity index (χ4v) is 6.46. The van der Waals surface area contributed by atoms with Crippen molar-refractivity contribution in [3.05, 3.63) is 58.4 Å². The molecule has 1 heterocycles. The third kappa shape index (κ3) is 3.95. The van der Waals surface area contributed by atoms with Crippen molar-refractivity contribution in [2.75, 3.05) is 26.2 Å². The van der Waals surface area contributed by atoms with Gasteiger partial charge in [-0.3, -0.25) is 0 Å². The first-order valence-corrected chi connectivity index (χ1v) is 11.8. The zero-order valence-corrected chi connectivity index (χ0v) is 17.8. The number of hydrogen-bond donors (Lipinski definition) is 0. The molecule has 1 aliphatic rings. The molecule has 28 heavy (non-hydrogen) atoms. The second-order valence-electron chi connectivity index (χ2n) is 6.65. The minimum Gasteiger partial charge on any atom is -0.207 e. The maximum absolute atomic E-state index is 14.1. The van der Waals surface area contributed by atoms with Crippen molar-refractivity contribution in [2.24, 2.45) is 0 Å². The van der Waals surface area contributed by atoms with Crippen LogP contribution in [-0.2, 0) is 20.0 Å². The third-order valence-electron chi connectivity index (χ3n) is 4.66. The molecule has 0 atom stereocenters. The quantitative estimate of drug-likeness (QED) is 0.723. The molecule has 0 N–H and O–H groups in total. The molecule has 0 amide bonds. The standard InChI is InChI=1S/C18H20ClFN2O4S2/c1-13-3-5-17(14(2)11-13)27(23,24)21-7-9-22(10-8-21)28(25,26)18-6-4-15(19)12-16(18)20/h3-6,11-12H,7-10H2,1-2H3. The van der Waals surface area contributed by atoms with Gasteiger partial charge in [0.05, 0.1) is 4.90 Å². The molecule has 0 aliphatic carbocycles. The van der Waals surface area contributed by atoms with Crippen LogP contribution in [0.5, 0.6) is 0 Å². The highest BCUT2D eigenvalue weighted by molar-refractivity contribution is 7.89. The zero-order valence-electron chi connectivity index (χ0n) is 15.4. The van der Waals surface area contributed by atoms with Gasteiger partial charge >= 0.3 is 0 Å². The lowest BCUT2D eigenvalue weighted by atomic mass is 10.2. The largest absolute Gasteiger partial charge is 0.246 e. The molecule has 3 rings (SSSR count). The minimum absolute atomic E-state index is 0.00983. The van der Waals surface area contributed by atoms with Gasteiger partial charge in [-0.2, -0.15) is 8.61 Å². The van der Waals surface area contributed by atoms with Crippen LogP contribution in [-0.4, -0.2) is 51.6 Å². The van der Waals surface area contributed by atoms with Gasteiger partial charge in [-0.15, -0.1) is 0 Å². The maximum atomic E-state index is 14.1. The van der Waals surface area contributed by atoms with Crippen LogP contribution in [0.3, 0.4) is 0 Å². The summed E-state index contributed by atoms with van der Waals surface area (Å²) < 4.78 is 67.7. The van der Waals surface area contributed by atoms with Crippen LogP contribution in [0, 0.1) is 19.7 Å². The van der Waals surface area contributed by atoms with Gasteiger partial charge in [0.25, 0.3) is 0 Å². The lowest BCUT2D eigenvalue weighted by Crippen LogP contribution is -2.50. The molecular weight excluding hydrogens is 427 g/mol. The fraction of sp³-hybridized carbons (Fsp3) is 0.333. The molecule has 1 fully saturated rings. The molecule has 0 unspecified atom stereocenters. The Morgan fingerprint density at radius 3 is 1.82 bits per heavy atom. The number of halogens is 2. The molecule has 2 aromatic carbocycles. The van der Waals surface area contributed by atoms with Crippen molar-refractivity contribution in [1.82, 2.24) is 8.61 Å². The van der Waals surface area contributed by atoms with E-state index in [0.29, 0.717) is 5.56 Å². The first-order chi connectivity index (χ1) is 13.0. The molecule has 0 saturated carbocycles. The van der Waals surface area contributed by atoms with Gasteiger partial charge < -0.3 is 0 Å². The summed E-state index contributed by atoms with van der Waals surface area (Å²) in [5.41, 5.74) is 1.59. The number of piperazine rings is 1. The van der Waals surface area contributed by atoms with Gasteiger partial charge in [0.2, 0.25) is 20.0 Å². The van der Waals surface area contributed by atoms with Crippen LogP contribution < -0.4 is 0 Å². The van der Waals surface area contributed by atoms with E-state index in [1.54, 1.807) is 25.1 Å². The number of hydrogen-bond acceptors (Lipinski definition) is 4. The van der Waals surface area contributed by atoms with E-state index in [2.05, 4.69) is 0 Å². The van der Waals surface area contributed by atoms with E-state index in [1.807, 2.05) is 6.92 Å². The van der Waals surface area contributed by atoms with E-state index >= 15 is 0 Å². The normalized spacial score (nSPS) is 17.0. The Morgan fingerprint density at radius 2 is 1.32 bits per heavy atom. The molecule has 0 radical (unpaired) electrons. The average molecular weight is 447 g/mol. The predicted molar refractivity (Wildman–Crippen MR) is 105 cm³/mol. The van der Waals surface area contributed by atoms with E-state index in [9.17, 15) is 21.2 Å². The summed E-state index contributed by atoms with van der Waals surface area (Å²) in [6.45, 7) is 3.46. The lowest BCUT2D eigenvalue weighted by Gasteiger charge is -2.33. The highest BCUT2D eigenvalue weighted by Crippen LogP contribution is 2.26. The molecule has 1 aliphatic heterocycles. The monoisotopic (exact) mass is 446 g/mol. The minimum atomic E-state index is -4.08. The van der Waals surface area contributed by atoms with Gasteiger partial charge in [-0.05, 0) is 43.7 Å². The van der Waals surface area contributed by atoms with Crippen LogP contribution in [0.25, 0.3) is 0 Å². The summed E-state index contributed by atoms with van der Waals surface area (Å²) in [6.07, 6.45) is 0. The molecule has 152 valence electrons. The van der Waals surface area contributed by atoms with Crippen LogP contribution in [0.4, 0.5) is 4.39 Å². The van der Waals surface area contributed by atoms with Gasteiger partial charge in [-0.1, -0.05) is 29.3 Å². The van der Waals surface area contributed by atoms with Crippen LogP contribution in [0.1, 0.15) is 11.1 Å². The van der Waals surface area contributed by atoms with E-state index in [0.717, 1.165) is 22.0 Å². The van der Waals surface area contributed by atoms with E-state index in [1.165, 1.54) is 10.4 Å². The Bertz CT molecular complexity index is 1020. The fourth-order valence-electron chi connectivity index (χ4n) is 3.20. The van der Waals surface area contributed by atoms with Gasteiger partial charge in [-0.25, -0.2) is 21.2 Å². The number of rotatable bonds is 4. The van der Waals surface area contributed by atoms with Crippen molar-refractivity contribution in [3.63, 3.8) is 0 Å². The Balaban J connectivity index is 1.80.